The van der Waals surface area contributed by atoms with Crippen LogP contribution in [-0.4, -0.2) is 9.13 Å². The van der Waals surface area contributed by atoms with Crippen LogP contribution < -0.4 is 0 Å². The third-order valence-electron chi connectivity index (χ3n) is 9.60. The van der Waals surface area contributed by atoms with Crippen LogP contribution in [0.5, 0.6) is 0 Å². The van der Waals surface area contributed by atoms with E-state index in [9.17, 15) is 15.8 Å². The van der Waals surface area contributed by atoms with E-state index in [0.29, 0.717) is 16.7 Å². The molecular weight excluding hydrogens is 611 g/mol. The van der Waals surface area contributed by atoms with Crippen LogP contribution in [0.1, 0.15) is 16.7 Å². The van der Waals surface area contributed by atoms with Gasteiger partial charge >= 0.3 is 0 Å². The Hall–Kier alpha value is -7.39. The maximum Gasteiger partial charge on any atom is 0.0992 e. The quantitative estimate of drug-likeness (QED) is 0.193. The van der Waals surface area contributed by atoms with Crippen molar-refractivity contribution in [3.8, 4) is 51.8 Å². The van der Waals surface area contributed by atoms with Crippen molar-refractivity contribution in [3.05, 3.63) is 168 Å². The third kappa shape index (κ3) is 4.45. The minimum atomic E-state index is 0.580. The number of fused-ring (bicyclic) bond motifs is 6. The Labute approximate surface area is 287 Å². The van der Waals surface area contributed by atoms with Crippen molar-refractivity contribution in [2.75, 3.05) is 0 Å². The normalized spacial score (nSPS) is 11.1. The molecule has 5 nitrogen and oxygen atoms in total. The molecule has 7 aromatic carbocycles. The topological polar surface area (TPSA) is 81.2 Å². The summed E-state index contributed by atoms with van der Waals surface area (Å²) in [5, 5.41) is 33.3. The van der Waals surface area contributed by atoms with Gasteiger partial charge in [-0.05, 0) is 89.5 Å². The Bertz CT molecular complexity index is 2830. The van der Waals surface area contributed by atoms with Crippen molar-refractivity contribution in [1.29, 1.82) is 15.8 Å². The van der Waals surface area contributed by atoms with Crippen LogP contribution in [-0.2, 0) is 0 Å². The summed E-state index contributed by atoms with van der Waals surface area (Å²) < 4.78 is 4.46. The van der Waals surface area contributed by atoms with Gasteiger partial charge in [-0.15, -0.1) is 0 Å². The zero-order chi connectivity index (χ0) is 33.8. The largest absolute Gasteiger partial charge is 0.309 e. The summed E-state index contributed by atoms with van der Waals surface area (Å²) in [6.45, 7) is 0. The lowest BCUT2D eigenvalue weighted by atomic mass is 9.97. The number of nitriles is 3. The van der Waals surface area contributed by atoms with Crippen molar-refractivity contribution in [3.63, 3.8) is 0 Å². The van der Waals surface area contributed by atoms with Gasteiger partial charge in [-0.25, -0.2) is 0 Å². The monoisotopic (exact) mass is 635 g/mol. The van der Waals surface area contributed by atoms with E-state index >= 15 is 0 Å². The molecule has 0 radical (unpaired) electrons. The van der Waals surface area contributed by atoms with E-state index in [1.807, 2.05) is 54.6 Å². The summed E-state index contributed by atoms with van der Waals surface area (Å²) in [7, 11) is 0. The molecule has 0 saturated carbocycles. The highest BCUT2D eigenvalue weighted by Crippen LogP contribution is 2.38. The Morgan fingerprint density at radius 3 is 1.48 bits per heavy atom. The molecule has 230 valence electrons. The molecule has 9 rings (SSSR count). The number of para-hydroxylation sites is 2. The predicted octanol–water partition coefficient (Wildman–Crippen LogP) is 10.8. The van der Waals surface area contributed by atoms with E-state index in [2.05, 4.69) is 124 Å². The number of rotatable bonds is 4. The lowest BCUT2D eigenvalue weighted by molar-refractivity contribution is 1.18. The molecule has 0 N–H and O–H groups in total. The molecular formula is C45H25N5. The summed E-state index contributed by atoms with van der Waals surface area (Å²) >= 11 is 0. The summed E-state index contributed by atoms with van der Waals surface area (Å²) in [4.78, 5) is 0. The Balaban J connectivity index is 1.16. The summed E-state index contributed by atoms with van der Waals surface area (Å²) in [5.74, 6) is 0. The van der Waals surface area contributed by atoms with Crippen molar-refractivity contribution < 1.29 is 0 Å². The predicted molar refractivity (Wildman–Crippen MR) is 200 cm³/mol. The summed E-state index contributed by atoms with van der Waals surface area (Å²) in [6.07, 6.45) is 0. The Kier molecular flexibility index (Phi) is 6.56. The first kappa shape index (κ1) is 28.8. The van der Waals surface area contributed by atoms with Gasteiger partial charge in [0.2, 0.25) is 0 Å². The van der Waals surface area contributed by atoms with E-state index in [4.69, 9.17) is 0 Å². The highest BCUT2D eigenvalue weighted by Gasteiger charge is 2.17. The highest BCUT2D eigenvalue weighted by atomic mass is 15.0. The van der Waals surface area contributed by atoms with E-state index < -0.39 is 0 Å². The maximum atomic E-state index is 9.88. The van der Waals surface area contributed by atoms with Gasteiger partial charge in [-0.1, -0.05) is 78.9 Å². The second-order valence-corrected chi connectivity index (χ2v) is 12.4. The van der Waals surface area contributed by atoms with E-state index in [0.717, 1.165) is 66.5 Å². The minimum absolute atomic E-state index is 0.580. The minimum Gasteiger partial charge on any atom is -0.309 e. The van der Waals surface area contributed by atoms with Gasteiger partial charge in [0.25, 0.3) is 0 Å². The van der Waals surface area contributed by atoms with Crippen molar-refractivity contribution in [2.24, 2.45) is 0 Å². The molecule has 9 aromatic rings. The smallest absolute Gasteiger partial charge is 0.0992 e. The van der Waals surface area contributed by atoms with Crippen LogP contribution in [0.25, 0.3) is 77.2 Å². The molecule has 0 saturated heterocycles. The number of aromatic nitrogens is 2. The molecule has 0 aliphatic rings. The molecule has 0 atom stereocenters. The van der Waals surface area contributed by atoms with Crippen molar-refractivity contribution in [2.45, 2.75) is 0 Å². The standard InChI is InChI=1S/C45H25N5/c46-26-29-13-20-43-39(22-29)40-23-30(27-47)14-21-44(40)49(43)35-7-5-6-34(25-35)32-15-17-33(18-16-32)36-19-12-31(28-48)24-45(36)50-41-10-3-1-8-37(41)38-9-2-4-11-42(38)50/h1-25H. The van der Waals surface area contributed by atoms with Gasteiger partial charge < -0.3 is 9.13 Å². The average Bonchev–Trinajstić information content (AvgIpc) is 3.69. The molecule has 50 heavy (non-hydrogen) atoms. The van der Waals surface area contributed by atoms with Gasteiger partial charge in [0.15, 0.2) is 0 Å². The number of benzene rings is 7. The Morgan fingerprint density at radius 1 is 0.360 bits per heavy atom. The van der Waals surface area contributed by atoms with E-state index in [1.54, 1.807) is 0 Å². The first-order chi connectivity index (χ1) is 24.6. The molecule has 2 aromatic heterocycles. The first-order valence-corrected chi connectivity index (χ1v) is 16.3. The molecule has 0 spiro atoms. The number of nitrogens with zero attached hydrogens (tertiary/aromatic N) is 5. The molecule has 0 amide bonds. The lowest BCUT2D eigenvalue weighted by Gasteiger charge is -2.15. The first-order valence-electron chi connectivity index (χ1n) is 16.3. The number of hydrogen-bond donors (Lipinski definition) is 0. The van der Waals surface area contributed by atoms with Gasteiger partial charge in [-0.2, -0.15) is 15.8 Å². The second-order valence-electron chi connectivity index (χ2n) is 12.4. The van der Waals surface area contributed by atoms with Crippen LogP contribution in [0.15, 0.2) is 152 Å². The van der Waals surface area contributed by atoms with Crippen LogP contribution in [0.4, 0.5) is 0 Å². The molecule has 0 aliphatic heterocycles. The lowest BCUT2D eigenvalue weighted by Crippen LogP contribution is -1.98. The van der Waals surface area contributed by atoms with Gasteiger partial charge in [0.05, 0.1) is 62.7 Å². The fourth-order valence-electron chi connectivity index (χ4n) is 7.32. The number of hydrogen-bond acceptors (Lipinski definition) is 3. The van der Waals surface area contributed by atoms with Crippen LogP contribution in [0.3, 0.4) is 0 Å². The molecule has 0 unspecified atom stereocenters. The van der Waals surface area contributed by atoms with Crippen LogP contribution in [0.2, 0.25) is 0 Å². The van der Waals surface area contributed by atoms with Gasteiger partial charge in [0, 0.05) is 32.8 Å². The van der Waals surface area contributed by atoms with Crippen molar-refractivity contribution in [1.82, 2.24) is 9.13 Å². The fraction of sp³-hybridized carbons (Fsp3) is 0. The van der Waals surface area contributed by atoms with Crippen molar-refractivity contribution >= 4 is 43.6 Å². The summed E-state index contributed by atoms with van der Waals surface area (Å²) in [5.41, 5.74) is 12.1. The molecule has 0 bridgehead atoms. The third-order valence-corrected chi connectivity index (χ3v) is 9.60. The average molecular weight is 636 g/mol. The molecule has 0 aliphatic carbocycles. The van der Waals surface area contributed by atoms with E-state index in [-0.39, 0.29) is 0 Å². The molecule has 5 heteroatoms. The van der Waals surface area contributed by atoms with E-state index in [1.165, 1.54) is 10.8 Å². The fourth-order valence-corrected chi connectivity index (χ4v) is 7.32. The van der Waals surface area contributed by atoms with Crippen LogP contribution >= 0.6 is 0 Å². The summed E-state index contributed by atoms with van der Waals surface area (Å²) in [6, 6.07) is 58.0. The second kappa shape index (κ2) is 11.4. The Morgan fingerprint density at radius 2 is 0.880 bits per heavy atom. The molecule has 2 heterocycles. The molecule has 0 fully saturated rings. The van der Waals surface area contributed by atoms with Crippen LogP contribution in [0, 0.1) is 34.0 Å². The zero-order valence-electron chi connectivity index (χ0n) is 26.7. The SMILES string of the molecule is N#Cc1ccc(-c2ccc(-c3cccc(-n4c5ccc(C#N)cc5c5cc(C#N)ccc54)c3)cc2)c(-n2c3ccccc3c3ccccc32)c1. The highest BCUT2D eigenvalue weighted by molar-refractivity contribution is 6.11. The van der Waals surface area contributed by atoms with Gasteiger partial charge in [-0.3, -0.25) is 0 Å². The van der Waals surface area contributed by atoms with Gasteiger partial charge in [0.1, 0.15) is 0 Å². The zero-order valence-corrected chi connectivity index (χ0v) is 26.7. The maximum absolute atomic E-state index is 9.88.